The van der Waals surface area contributed by atoms with Crippen LogP contribution < -0.4 is 15.0 Å². The SMILES string of the molecule is CCOC(=O)C1CCN(C(=O)[C@H](C)Nc2ccc(N3CCCC3=O)c(OC)c2)CC1. The zero-order valence-electron chi connectivity index (χ0n) is 18.0. The Hall–Kier alpha value is -2.77. The highest BCUT2D eigenvalue weighted by molar-refractivity contribution is 5.97. The van der Waals surface area contributed by atoms with Crippen LogP contribution in [0.4, 0.5) is 11.4 Å². The van der Waals surface area contributed by atoms with Crippen LogP contribution in [-0.2, 0) is 19.1 Å². The lowest BCUT2D eigenvalue weighted by Crippen LogP contribution is -2.46. The lowest BCUT2D eigenvalue weighted by atomic mass is 9.96. The van der Waals surface area contributed by atoms with Crippen molar-refractivity contribution in [1.82, 2.24) is 4.90 Å². The number of anilines is 2. The molecule has 2 amide bonds. The molecule has 0 aromatic heterocycles. The molecule has 2 aliphatic rings. The fraction of sp³-hybridized carbons (Fsp3) is 0.591. The number of ether oxygens (including phenoxy) is 2. The van der Waals surface area contributed by atoms with Crippen LogP contribution >= 0.6 is 0 Å². The number of likely N-dealkylation sites (tertiary alicyclic amines) is 1. The summed E-state index contributed by atoms with van der Waals surface area (Å²) in [5.41, 5.74) is 1.51. The topological polar surface area (TPSA) is 88.2 Å². The van der Waals surface area contributed by atoms with Gasteiger partial charge in [0.2, 0.25) is 11.8 Å². The fourth-order valence-corrected chi connectivity index (χ4v) is 4.07. The molecule has 2 saturated heterocycles. The molecule has 0 unspecified atom stereocenters. The maximum absolute atomic E-state index is 12.8. The molecule has 8 nitrogen and oxygen atoms in total. The molecule has 0 aliphatic carbocycles. The number of benzene rings is 1. The Morgan fingerprint density at radius 3 is 2.57 bits per heavy atom. The first kappa shape index (κ1) is 21.9. The molecule has 3 rings (SSSR count). The summed E-state index contributed by atoms with van der Waals surface area (Å²) in [6, 6.07) is 5.11. The van der Waals surface area contributed by atoms with Gasteiger partial charge in [-0.3, -0.25) is 14.4 Å². The monoisotopic (exact) mass is 417 g/mol. The van der Waals surface area contributed by atoms with Gasteiger partial charge in [0.15, 0.2) is 0 Å². The van der Waals surface area contributed by atoms with Gasteiger partial charge in [0, 0.05) is 37.8 Å². The van der Waals surface area contributed by atoms with E-state index in [9.17, 15) is 14.4 Å². The first-order chi connectivity index (χ1) is 14.4. The smallest absolute Gasteiger partial charge is 0.309 e. The lowest BCUT2D eigenvalue weighted by Gasteiger charge is -2.33. The van der Waals surface area contributed by atoms with E-state index in [0.717, 1.165) is 17.8 Å². The summed E-state index contributed by atoms with van der Waals surface area (Å²) >= 11 is 0. The molecule has 0 bridgehead atoms. The second-order valence-electron chi connectivity index (χ2n) is 7.75. The summed E-state index contributed by atoms with van der Waals surface area (Å²) in [6.07, 6.45) is 2.66. The van der Waals surface area contributed by atoms with Gasteiger partial charge in [-0.15, -0.1) is 0 Å². The number of carbonyl (C=O) groups excluding carboxylic acids is 3. The highest BCUT2D eigenvalue weighted by atomic mass is 16.5. The number of rotatable bonds is 7. The molecular formula is C22H31N3O5. The van der Waals surface area contributed by atoms with Gasteiger partial charge in [0.05, 0.1) is 25.3 Å². The van der Waals surface area contributed by atoms with E-state index < -0.39 is 6.04 Å². The highest BCUT2D eigenvalue weighted by Crippen LogP contribution is 2.34. The van der Waals surface area contributed by atoms with E-state index in [1.165, 1.54) is 0 Å². The van der Waals surface area contributed by atoms with Gasteiger partial charge in [-0.05, 0) is 45.2 Å². The Kier molecular flexibility index (Phi) is 7.18. The number of hydrogen-bond acceptors (Lipinski definition) is 6. The Morgan fingerprint density at radius 1 is 1.23 bits per heavy atom. The van der Waals surface area contributed by atoms with E-state index in [0.29, 0.717) is 51.3 Å². The average Bonchev–Trinajstić information content (AvgIpc) is 3.19. The van der Waals surface area contributed by atoms with Gasteiger partial charge in [-0.2, -0.15) is 0 Å². The zero-order valence-corrected chi connectivity index (χ0v) is 18.0. The molecule has 2 fully saturated rings. The normalized spacial score (nSPS) is 18.3. The van der Waals surface area contributed by atoms with Crippen LogP contribution in [0.1, 0.15) is 39.5 Å². The van der Waals surface area contributed by atoms with Crippen LogP contribution in [-0.4, -0.2) is 62.1 Å². The summed E-state index contributed by atoms with van der Waals surface area (Å²) in [4.78, 5) is 40.3. The summed E-state index contributed by atoms with van der Waals surface area (Å²) in [5, 5.41) is 3.23. The van der Waals surface area contributed by atoms with Crippen molar-refractivity contribution >= 4 is 29.2 Å². The van der Waals surface area contributed by atoms with Crippen molar-refractivity contribution in [1.29, 1.82) is 0 Å². The quantitative estimate of drug-likeness (QED) is 0.686. The standard InChI is InChI=1S/C22H31N3O5/c1-4-30-22(28)16-9-12-24(13-10-16)21(27)15(2)23-17-7-8-18(19(14-17)29-3)25-11-5-6-20(25)26/h7-8,14-16,23H,4-6,9-13H2,1-3H3/t15-/m0/s1. The molecule has 164 valence electrons. The number of esters is 1. The molecule has 8 heteroatoms. The van der Waals surface area contributed by atoms with Crippen LogP contribution in [0.25, 0.3) is 0 Å². The molecule has 2 heterocycles. The number of carbonyl (C=O) groups is 3. The summed E-state index contributed by atoms with van der Waals surface area (Å²) in [6.45, 7) is 5.80. The molecular weight excluding hydrogens is 386 g/mol. The maximum Gasteiger partial charge on any atom is 0.309 e. The van der Waals surface area contributed by atoms with Crippen molar-refractivity contribution in [3.05, 3.63) is 18.2 Å². The van der Waals surface area contributed by atoms with Crippen molar-refractivity contribution in [2.24, 2.45) is 5.92 Å². The Bertz CT molecular complexity index is 789. The predicted molar refractivity (Wildman–Crippen MR) is 114 cm³/mol. The van der Waals surface area contributed by atoms with Crippen molar-refractivity contribution in [2.45, 2.75) is 45.6 Å². The third-order valence-electron chi connectivity index (χ3n) is 5.72. The van der Waals surface area contributed by atoms with Crippen molar-refractivity contribution in [3.63, 3.8) is 0 Å². The zero-order chi connectivity index (χ0) is 21.7. The first-order valence-electron chi connectivity index (χ1n) is 10.6. The van der Waals surface area contributed by atoms with Crippen molar-refractivity contribution < 1.29 is 23.9 Å². The average molecular weight is 418 g/mol. The van der Waals surface area contributed by atoms with Gasteiger partial charge in [0.1, 0.15) is 11.8 Å². The van der Waals surface area contributed by atoms with Gasteiger partial charge >= 0.3 is 5.97 Å². The Balaban J connectivity index is 1.59. The van der Waals surface area contributed by atoms with Crippen LogP contribution in [0.5, 0.6) is 5.75 Å². The van der Waals surface area contributed by atoms with E-state index in [1.54, 1.807) is 23.8 Å². The van der Waals surface area contributed by atoms with Crippen molar-refractivity contribution in [3.8, 4) is 5.75 Å². The number of nitrogens with zero attached hydrogens (tertiary/aromatic N) is 2. The molecule has 0 spiro atoms. The first-order valence-corrected chi connectivity index (χ1v) is 10.6. The molecule has 1 aromatic rings. The minimum Gasteiger partial charge on any atom is -0.494 e. The van der Waals surface area contributed by atoms with Crippen LogP contribution in [0.2, 0.25) is 0 Å². The lowest BCUT2D eigenvalue weighted by molar-refractivity contribution is -0.151. The van der Waals surface area contributed by atoms with E-state index in [-0.39, 0.29) is 23.7 Å². The van der Waals surface area contributed by atoms with Crippen molar-refractivity contribution in [2.75, 3.05) is 43.6 Å². The fourth-order valence-electron chi connectivity index (χ4n) is 4.07. The summed E-state index contributed by atoms with van der Waals surface area (Å²) in [5.74, 6) is 0.408. The molecule has 1 N–H and O–H groups in total. The van der Waals surface area contributed by atoms with Crippen LogP contribution in [0.3, 0.4) is 0 Å². The second kappa shape index (κ2) is 9.82. The molecule has 2 aliphatic heterocycles. The van der Waals surface area contributed by atoms with Gasteiger partial charge < -0.3 is 24.6 Å². The third kappa shape index (κ3) is 4.86. The van der Waals surface area contributed by atoms with Gasteiger partial charge in [-0.25, -0.2) is 0 Å². The number of amides is 2. The molecule has 30 heavy (non-hydrogen) atoms. The molecule has 0 saturated carbocycles. The van der Waals surface area contributed by atoms with Crippen LogP contribution in [0.15, 0.2) is 18.2 Å². The van der Waals surface area contributed by atoms with E-state index in [4.69, 9.17) is 9.47 Å². The van der Waals surface area contributed by atoms with E-state index >= 15 is 0 Å². The molecule has 0 radical (unpaired) electrons. The van der Waals surface area contributed by atoms with Gasteiger partial charge in [0.25, 0.3) is 0 Å². The van der Waals surface area contributed by atoms with Crippen LogP contribution in [0, 0.1) is 5.92 Å². The largest absolute Gasteiger partial charge is 0.494 e. The molecule has 1 aromatic carbocycles. The molecule has 1 atom stereocenters. The number of nitrogens with one attached hydrogen (secondary N) is 1. The number of piperidine rings is 1. The van der Waals surface area contributed by atoms with E-state index in [1.807, 2.05) is 25.1 Å². The number of hydrogen-bond donors (Lipinski definition) is 1. The van der Waals surface area contributed by atoms with E-state index in [2.05, 4.69) is 5.32 Å². The Labute approximate surface area is 177 Å². The Morgan fingerprint density at radius 2 is 1.97 bits per heavy atom. The minimum atomic E-state index is -0.423. The predicted octanol–water partition coefficient (Wildman–Crippen LogP) is 2.42. The second-order valence-corrected chi connectivity index (χ2v) is 7.75. The summed E-state index contributed by atoms with van der Waals surface area (Å²) < 4.78 is 10.6. The minimum absolute atomic E-state index is 0.00456. The summed E-state index contributed by atoms with van der Waals surface area (Å²) in [7, 11) is 1.57. The maximum atomic E-state index is 12.8. The highest BCUT2D eigenvalue weighted by Gasteiger charge is 2.30. The number of methoxy groups -OCH3 is 1. The third-order valence-corrected chi connectivity index (χ3v) is 5.72. The van der Waals surface area contributed by atoms with Gasteiger partial charge in [-0.1, -0.05) is 0 Å².